The smallest absolute Gasteiger partial charge is 0.335 e. The molecule has 0 bridgehead atoms. The van der Waals surface area contributed by atoms with Crippen LogP contribution in [0.1, 0.15) is 6.42 Å². The van der Waals surface area contributed by atoms with E-state index in [4.69, 9.17) is 9.84 Å². The molecular weight excluding hydrogens is 266 g/mol. The van der Waals surface area contributed by atoms with E-state index >= 15 is 0 Å². The van der Waals surface area contributed by atoms with Gasteiger partial charge in [0.15, 0.2) is 0 Å². The predicted octanol–water partition coefficient (Wildman–Crippen LogP) is 1.67. The predicted molar refractivity (Wildman–Crippen MR) is 78.7 cm³/mol. The van der Waals surface area contributed by atoms with Gasteiger partial charge in [0.25, 0.3) is 0 Å². The van der Waals surface area contributed by atoms with Crippen molar-refractivity contribution in [2.24, 2.45) is 17.8 Å². The van der Waals surface area contributed by atoms with Gasteiger partial charge in [-0.1, -0.05) is 36.5 Å². The fourth-order valence-corrected chi connectivity index (χ4v) is 4.04. The SMILES string of the molecule is O=C(O)C1=CC2OCC3CC4C=CC=CC4NC3C2C=C1. The summed E-state index contributed by atoms with van der Waals surface area (Å²) < 4.78 is 5.94. The first-order valence-electron chi connectivity index (χ1n) is 7.58. The summed E-state index contributed by atoms with van der Waals surface area (Å²) in [6.45, 7) is 0.705. The van der Waals surface area contributed by atoms with Gasteiger partial charge >= 0.3 is 5.97 Å². The van der Waals surface area contributed by atoms with Crippen molar-refractivity contribution < 1.29 is 14.6 Å². The molecule has 4 heteroatoms. The number of hydrogen-bond acceptors (Lipinski definition) is 3. The lowest BCUT2D eigenvalue weighted by Gasteiger charge is -2.49. The number of carboxylic acids is 1. The van der Waals surface area contributed by atoms with Crippen molar-refractivity contribution in [1.82, 2.24) is 5.32 Å². The van der Waals surface area contributed by atoms with Crippen molar-refractivity contribution in [3.05, 3.63) is 48.1 Å². The Kier molecular flexibility index (Phi) is 3.08. The number of carbonyl (C=O) groups is 1. The Morgan fingerprint density at radius 2 is 2.14 bits per heavy atom. The van der Waals surface area contributed by atoms with Crippen LogP contribution in [0.4, 0.5) is 0 Å². The van der Waals surface area contributed by atoms with E-state index in [0.29, 0.717) is 36.1 Å². The van der Waals surface area contributed by atoms with E-state index in [9.17, 15) is 4.79 Å². The molecule has 2 fully saturated rings. The van der Waals surface area contributed by atoms with Crippen LogP contribution in [0.5, 0.6) is 0 Å². The lowest BCUT2D eigenvalue weighted by Crippen LogP contribution is -2.60. The maximum Gasteiger partial charge on any atom is 0.335 e. The molecule has 2 aliphatic heterocycles. The van der Waals surface area contributed by atoms with Gasteiger partial charge in [-0.3, -0.25) is 0 Å². The first kappa shape index (κ1) is 13.0. The van der Waals surface area contributed by atoms with Gasteiger partial charge in [0, 0.05) is 18.0 Å². The standard InChI is InChI=1S/C17H19NO3/c19-17(20)11-5-6-13-15(8-11)21-9-12-7-10-3-1-2-4-14(10)18-16(12)13/h1-6,8,10,12-16,18H,7,9H2,(H,19,20). The van der Waals surface area contributed by atoms with E-state index in [-0.39, 0.29) is 12.0 Å². The molecule has 2 aliphatic carbocycles. The number of ether oxygens (including phenoxy) is 1. The molecule has 4 nitrogen and oxygen atoms in total. The number of piperidine rings is 1. The summed E-state index contributed by atoms with van der Waals surface area (Å²) in [6.07, 6.45) is 15.2. The lowest BCUT2D eigenvalue weighted by atomic mass is 9.71. The fraction of sp³-hybridized carbons (Fsp3) is 0.471. The molecular formula is C17H19NO3. The lowest BCUT2D eigenvalue weighted by molar-refractivity contribution is -0.132. The van der Waals surface area contributed by atoms with Crippen LogP contribution in [-0.4, -0.2) is 35.9 Å². The fourth-order valence-electron chi connectivity index (χ4n) is 4.04. The second-order valence-corrected chi connectivity index (χ2v) is 6.31. The maximum atomic E-state index is 11.1. The summed E-state index contributed by atoms with van der Waals surface area (Å²) in [5, 5.41) is 12.9. The van der Waals surface area contributed by atoms with Crippen molar-refractivity contribution in [1.29, 1.82) is 0 Å². The third kappa shape index (κ3) is 2.19. The number of fused-ring (bicyclic) bond motifs is 4. The van der Waals surface area contributed by atoms with Crippen molar-refractivity contribution >= 4 is 5.97 Å². The van der Waals surface area contributed by atoms with E-state index < -0.39 is 5.97 Å². The normalized spacial score (nSPS) is 43.5. The minimum Gasteiger partial charge on any atom is -0.478 e. The summed E-state index contributed by atoms with van der Waals surface area (Å²) >= 11 is 0. The molecule has 110 valence electrons. The maximum absolute atomic E-state index is 11.1. The average molecular weight is 285 g/mol. The van der Waals surface area contributed by atoms with E-state index in [1.165, 1.54) is 0 Å². The molecule has 2 saturated heterocycles. The molecule has 0 aromatic carbocycles. The minimum absolute atomic E-state index is 0.116. The summed E-state index contributed by atoms with van der Waals surface area (Å²) in [7, 11) is 0. The molecule has 0 spiro atoms. The Labute approximate surface area is 123 Å². The Morgan fingerprint density at radius 3 is 3.00 bits per heavy atom. The van der Waals surface area contributed by atoms with Crippen molar-refractivity contribution in [2.75, 3.05) is 6.61 Å². The highest BCUT2D eigenvalue weighted by Crippen LogP contribution is 2.39. The third-order valence-corrected chi connectivity index (χ3v) is 5.10. The number of rotatable bonds is 1. The summed E-state index contributed by atoms with van der Waals surface area (Å²) in [6, 6.07) is 0.761. The van der Waals surface area contributed by atoms with Gasteiger partial charge in [-0.05, 0) is 24.3 Å². The third-order valence-electron chi connectivity index (χ3n) is 5.10. The highest BCUT2D eigenvalue weighted by atomic mass is 16.5. The van der Waals surface area contributed by atoms with Gasteiger partial charge in [-0.15, -0.1) is 0 Å². The highest BCUT2D eigenvalue weighted by molar-refractivity contribution is 5.90. The van der Waals surface area contributed by atoms with Crippen LogP contribution in [0.25, 0.3) is 0 Å². The van der Waals surface area contributed by atoms with Crippen molar-refractivity contribution in [3.63, 3.8) is 0 Å². The summed E-state index contributed by atoms with van der Waals surface area (Å²) in [5.74, 6) is 0.390. The van der Waals surface area contributed by atoms with Gasteiger partial charge in [-0.25, -0.2) is 4.79 Å². The Morgan fingerprint density at radius 1 is 1.29 bits per heavy atom. The summed E-state index contributed by atoms with van der Waals surface area (Å²) in [4.78, 5) is 11.1. The number of nitrogens with one attached hydrogen (secondary N) is 1. The molecule has 6 unspecified atom stereocenters. The van der Waals surface area contributed by atoms with Crippen LogP contribution in [-0.2, 0) is 9.53 Å². The van der Waals surface area contributed by atoms with Crippen molar-refractivity contribution in [3.8, 4) is 0 Å². The molecule has 0 radical (unpaired) electrons. The van der Waals surface area contributed by atoms with E-state index in [0.717, 1.165) is 6.42 Å². The molecule has 2 N–H and O–H groups in total. The molecule has 4 rings (SSSR count). The van der Waals surface area contributed by atoms with E-state index in [1.807, 2.05) is 6.08 Å². The molecule has 4 aliphatic rings. The van der Waals surface area contributed by atoms with Gasteiger partial charge in [-0.2, -0.15) is 0 Å². The quantitative estimate of drug-likeness (QED) is 0.769. The Hall–Kier alpha value is -1.65. The number of carboxylic acid groups (broad SMARTS) is 1. The van der Waals surface area contributed by atoms with E-state index in [1.54, 1.807) is 12.2 Å². The summed E-state index contributed by atoms with van der Waals surface area (Å²) in [5.41, 5.74) is 0.337. The zero-order valence-corrected chi connectivity index (χ0v) is 11.7. The molecule has 6 atom stereocenters. The van der Waals surface area contributed by atoms with Crippen LogP contribution < -0.4 is 5.32 Å². The van der Waals surface area contributed by atoms with Gasteiger partial charge in [0.2, 0.25) is 0 Å². The Balaban J connectivity index is 1.57. The van der Waals surface area contributed by atoms with Crippen LogP contribution in [0.2, 0.25) is 0 Å². The zero-order valence-electron chi connectivity index (χ0n) is 11.7. The van der Waals surface area contributed by atoms with Gasteiger partial charge in [0.05, 0.1) is 18.3 Å². The largest absolute Gasteiger partial charge is 0.478 e. The van der Waals surface area contributed by atoms with Crippen molar-refractivity contribution in [2.45, 2.75) is 24.6 Å². The van der Waals surface area contributed by atoms with E-state index in [2.05, 4.69) is 29.6 Å². The average Bonchev–Trinajstić information content (AvgIpc) is 2.52. The molecule has 2 heterocycles. The van der Waals surface area contributed by atoms with Crippen LogP contribution in [0.15, 0.2) is 48.1 Å². The molecule has 0 saturated carbocycles. The number of aliphatic carboxylic acids is 1. The van der Waals surface area contributed by atoms with Crippen LogP contribution >= 0.6 is 0 Å². The molecule has 0 amide bonds. The topological polar surface area (TPSA) is 58.6 Å². The second-order valence-electron chi connectivity index (χ2n) is 6.31. The first-order chi connectivity index (χ1) is 10.2. The molecule has 21 heavy (non-hydrogen) atoms. The van der Waals surface area contributed by atoms with Crippen LogP contribution in [0, 0.1) is 17.8 Å². The number of allylic oxidation sites excluding steroid dienone is 2. The van der Waals surface area contributed by atoms with Gasteiger partial charge < -0.3 is 15.2 Å². The zero-order chi connectivity index (χ0) is 14.4. The minimum atomic E-state index is -0.882. The Bertz CT molecular complexity index is 575. The first-order valence-corrected chi connectivity index (χ1v) is 7.58. The van der Waals surface area contributed by atoms with Crippen LogP contribution in [0.3, 0.4) is 0 Å². The molecule has 0 aromatic rings. The highest BCUT2D eigenvalue weighted by Gasteiger charge is 2.44. The molecule has 0 aromatic heterocycles. The van der Waals surface area contributed by atoms with Gasteiger partial charge in [0.1, 0.15) is 0 Å². The second kappa shape index (κ2) is 4.97. The monoisotopic (exact) mass is 285 g/mol. The number of hydrogen-bond donors (Lipinski definition) is 2.